The molecule has 0 fully saturated rings. The van der Waals surface area contributed by atoms with Gasteiger partial charge >= 0.3 is 0 Å². The maximum absolute atomic E-state index is 12.2. The third kappa shape index (κ3) is 6.52. The number of rotatable bonds is 9. The average molecular weight is 335 g/mol. The smallest absolute Gasteiger partial charge is 0.240 e. The Bertz CT molecular complexity index is 671. The van der Waals surface area contributed by atoms with Crippen LogP contribution in [-0.2, 0) is 10.0 Å². The molecule has 126 valence electrons. The standard InChI is InChI=1S/C18H25NO3S/c1-4-7-17(14-15(2)3)16-8-10-18(11-9-16)23(21,22)19-12-5-6-13-20/h4,7-11,14,19-20H,2,5-6,12-13H2,1,3H3/b7-4-,17-14+. The molecule has 0 aliphatic carbocycles. The molecule has 0 aliphatic rings. The van der Waals surface area contributed by atoms with E-state index < -0.39 is 10.0 Å². The molecule has 0 spiro atoms. The lowest BCUT2D eigenvalue weighted by Crippen LogP contribution is -2.24. The predicted octanol–water partition coefficient (Wildman–Crippen LogP) is 3.27. The molecule has 0 bridgehead atoms. The zero-order chi connectivity index (χ0) is 17.3. The summed E-state index contributed by atoms with van der Waals surface area (Å²) in [6.45, 7) is 8.11. The molecule has 23 heavy (non-hydrogen) atoms. The zero-order valence-corrected chi connectivity index (χ0v) is 14.6. The molecule has 0 heterocycles. The molecule has 0 radical (unpaired) electrons. The van der Waals surface area contributed by atoms with Crippen molar-refractivity contribution in [3.8, 4) is 0 Å². The van der Waals surface area contributed by atoms with Crippen molar-refractivity contribution in [3.05, 3.63) is 60.2 Å². The molecule has 0 amide bonds. The second kappa shape index (κ2) is 9.45. The maximum atomic E-state index is 12.2. The number of allylic oxidation sites excluding steroid dienone is 5. The minimum Gasteiger partial charge on any atom is -0.396 e. The first-order chi connectivity index (χ1) is 10.9. The summed E-state index contributed by atoms with van der Waals surface area (Å²) in [5.74, 6) is 0. The number of nitrogens with one attached hydrogen (secondary N) is 1. The molecule has 4 nitrogen and oxygen atoms in total. The summed E-state index contributed by atoms with van der Waals surface area (Å²) in [5, 5.41) is 8.71. The number of hydrogen-bond acceptors (Lipinski definition) is 3. The van der Waals surface area contributed by atoms with Crippen LogP contribution in [-0.4, -0.2) is 26.7 Å². The van der Waals surface area contributed by atoms with Crippen molar-refractivity contribution in [3.63, 3.8) is 0 Å². The van der Waals surface area contributed by atoms with Crippen molar-refractivity contribution < 1.29 is 13.5 Å². The summed E-state index contributed by atoms with van der Waals surface area (Å²) in [6, 6.07) is 6.77. The van der Waals surface area contributed by atoms with Gasteiger partial charge in [-0.2, -0.15) is 0 Å². The molecule has 2 N–H and O–H groups in total. The van der Waals surface area contributed by atoms with Gasteiger partial charge in [0.15, 0.2) is 0 Å². The van der Waals surface area contributed by atoms with Crippen LogP contribution in [0, 0.1) is 0 Å². The van der Waals surface area contributed by atoms with E-state index in [2.05, 4.69) is 11.3 Å². The quantitative estimate of drug-likeness (QED) is 0.538. The molecular weight excluding hydrogens is 310 g/mol. The van der Waals surface area contributed by atoms with Crippen LogP contribution in [0.2, 0.25) is 0 Å². The Balaban J connectivity index is 2.92. The summed E-state index contributed by atoms with van der Waals surface area (Å²) in [7, 11) is -3.51. The minimum atomic E-state index is -3.51. The van der Waals surface area contributed by atoms with E-state index in [-0.39, 0.29) is 11.5 Å². The van der Waals surface area contributed by atoms with Gasteiger partial charge in [-0.25, -0.2) is 13.1 Å². The van der Waals surface area contributed by atoms with Crippen molar-refractivity contribution in [1.82, 2.24) is 4.72 Å². The molecule has 0 unspecified atom stereocenters. The fraction of sp³-hybridized carbons (Fsp3) is 0.333. The SMILES string of the molecule is C=C(C)/C=C(\C=C/C)c1ccc(S(=O)(=O)NCCCCO)cc1. The molecular formula is C18H25NO3S. The Kier molecular flexibility index (Phi) is 7.95. The molecule has 0 aromatic heterocycles. The number of sulfonamides is 1. The second-order valence-electron chi connectivity index (χ2n) is 5.30. The van der Waals surface area contributed by atoms with Crippen molar-refractivity contribution in [2.24, 2.45) is 0 Å². The Morgan fingerprint density at radius 2 is 1.91 bits per heavy atom. The van der Waals surface area contributed by atoms with Gasteiger partial charge in [-0.15, -0.1) is 0 Å². The van der Waals surface area contributed by atoms with E-state index in [0.29, 0.717) is 19.4 Å². The molecule has 0 aliphatic heterocycles. The molecule has 1 rings (SSSR count). The zero-order valence-electron chi connectivity index (χ0n) is 13.7. The van der Waals surface area contributed by atoms with E-state index in [1.54, 1.807) is 24.3 Å². The van der Waals surface area contributed by atoms with Crippen molar-refractivity contribution in [1.29, 1.82) is 0 Å². The van der Waals surface area contributed by atoms with Crippen LogP contribution in [0.1, 0.15) is 32.3 Å². The second-order valence-corrected chi connectivity index (χ2v) is 7.07. The minimum absolute atomic E-state index is 0.0687. The number of hydrogen-bond donors (Lipinski definition) is 2. The van der Waals surface area contributed by atoms with Gasteiger partial charge in [0.25, 0.3) is 0 Å². The van der Waals surface area contributed by atoms with Gasteiger partial charge < -0.3 is 5.11 Å². The van der Waals surface area contributed by atoms with Crippen LogP contribution in [0.5, 0.6) is 0 Å². The van der Waals surface area contributed by atoms with Crippen LogP contribution in [0.15, 0.2) is 59.5 Å². The molecule has 0 saturated carbocycles. The highest BCUT2D eigenvalue weighted by atomic mass is 32.2. The number of aliphatic hydroxyl groups excluding tert-OH is 1. The summed E-state index contributed by atoms with van der Waals surface area (Å²) < 4.78 is 26.9. The first-order valence-electron chi connectivity index (χ1n) is 7.61. The highest BCUT2D eigenvalue weighted by Crippen LogP contribution is 2.20. The summed E-state index contributed by atoms with van der Waals surface area (Å²) >= 11 is 0. The lowest BCUT2D eigenvalue weighted by Gasteiger charge is -2.08. The van der Waals surface area contributed by atoms with Crippen LogP contribution >= 0.6 is 0 Å². The van der Waals surface area contributed by atoms with E-state index in [1.165, 1.54) is 0 Å². The number of aliphatic hydroxyl groups is 1. The first kappa shape index (κ1) is 19.4. The Hall–Kier alpha value is -1.69. The van der Waals surface area contributed by atoms with E-state index in [4.69, 9.17) is 5.11 Å². The predicted molar refractivity (Wildman–Crippen MR) is 95.6 cm³/mol. The van der Waals surface area contributed by atoms with Crippen LogP contribution in [0.25, 0.3) is 5.57 Å². The Morgan fingerprint density at radius 3 is 2.43 bits per heavy atom. The molecule has 1 aromatic carbocycles. The highest BCUT2D eigenvalue weighted by Gasteiger charge is 2.13. The first-order valence-corrected chi connectivity index (χ1v) is 9.10. The van der Waals surface area contributed by atoms with E-state index in [9.17, 15) is 8.42 Å². The highest BCUT2D eigenvalue weighted by molar-refractivity contribution is 7.89. The largest absolute Gasteiger partial charge is 0.396 e. The third-order valence-corrected chi connectivity index (χ3v) is 4.60. The maximum Gasteiger partial charge on any atom is 0.240 e. The summed E-state index contributed by atoms with van der Waals surface area (Å²) in [5.41, 5.74) is 2.85. The lowest BCUT2D eigenvalue weighted by molar-refractivity contribution is 0.285. The molecule has 0 atom stereocenters. The monoisotopic (exact) mass is 335 g/mol. The van der Waals surface area contributed by atoms with Gasteiger partial charge in [0.1, 0.15) is 0 Å². The number of benzene rings is 1. The van der Waals surface area contributed by atoms with Crippen LogP contribution in [0.3, 0.4) is 0 Å². The molecule has 0 saturated heterocycles. The van der Waals surface area contributed by atoms with Gasteiger partial charge in [-0.1, -0.05) is 42.5 Å². The number of unbranched alkanes of at least 4 members (excludes halogenated alkanes) is 1. The van der Waals surface area contributed by atoms with Gasteiger partial charge in [0.2, 0.25) is 10.0 Å². The fourth-order valence-corrected chi connectivity index (χ4v) is 3.10. The normalized spacial score (nSPS) is 12.7. The summed E-state index contributed by atoms with van der Waals surface area (Å²) in [6.07, 6.45) is 7.05. The molecule has 5 heteroatoms. The van der Waals surface area contributed by atoms with Crippen molar-refractivity contribution in [2.75, 3.05) is 13.2 Å². The topological polar surface area (TPSA) is 66.4 Å². The fourth-order valence-electron chi connectivity index (χ4n) is 2.03. The van der Waals surface area contributed by atoms with Gasteiger partial charge in [-0.05, 0) is 50.0 Å². The van der Waals surface area contributed by atoms with E-state index in [1.807, 2.05) is 32.1 Å². The van der Waals surface area contributed by atoms with Crippen LogP contribution < -0.4 is 4.72 Å². The Morgan fingerprint density at radius 1 is 1.26 bits per heavy atom. The van der Waals surface area contributed by atoms with E-state index >= 15 is 0 Å². The Labute approximate surface area is 139 Å². The van der Waals surface area contributed by atoms with Gasteiger partial charge in [-0.3, -0.25) is 0 Å². The summed E-state index contributed by atoms with van der Waals surface area (Å²) in [4.78, 5) is 0.236. The van der Waals surface area contributed by atoms with Gasteiger partial charge in [0.05, 0.1) is 4.90 Å². The average Bonchev–Trinajstić information content (AvgIpc) is 2.51. The van der Waals surface area contributed by atoms with Crippen molar-refractivity contribution in [2.45, 2.75) is 31.6 Å². The van der Waals surface area contributed by atoms with Gasteiger partial charge in [0, 0.05) is 13.2 Å². The lowest BCUT2D eigenvalue weighted by atomic mass is 10.0. The molecule has 1 aromatic rings. The third-order valence-electron chi connectivity index (χ3n) is 3.12. The van der Waals surface area contributed by atoms with Crippen molar-refractivity contribution >= 4 is 15.6 Å². The van der Waals surface area contributed by atoms with Crippen LogP contribution in [0.4, 0.5) is 0 Å². The van der Waals surface area contributed by atoms with E-state index in [0.717, 1.165) is 16.7 Å².